The van der Waals surface area contributed by atoms with Crippen molar-refractivity contribution in [1.29, 1.82) is 0 Å². The highest BCUT2D eigenvalue weighted by atomic mass is 19.1. The van der Waals surface area contributed by atoms with E-state index in [0.717, 1.165) is 22.6 Å². The van der Waals surface area contributed by atoms with Crippen molar-refractivity contribution in [3.8, 4) is 0 Å². The first kappa shape index (κ1) is 31.2. The van der Waals surface area contributed by atoms with E-state index in [9.17, 15) is 33.5 Å². The predicted octanol–water partition coefficient (Wildman–Crippen LogP) is 0.132. The minimum Gasteiger partial charge on any atom is -0.391 e. The van der Waals surface area contributed by atoms with Gasteiger partial charge in [-0.2, -0.15) is 0 Å². The van der Waals surface area contributed by atoms with Crippen LogP contribution in [0, 0.1) is 11.7 Å². The Morgan fingerprint density at radius 2 is 1.56 bits per heavy atom. The average molecular weight is 570 g/mol. The zero-order valence-electron chi connectivity index (χ0n) is 23.2. The third-order valence-electron chi connectivity index (χ3n) is 6.64. The summed E-state index contributed by atoms with van der Waals surface area (Å²) in [5.74, 6) is -4.19. The molecule has 220 valence electrons. The van der Waals surface area contributed by atoms with Crippen molar-refractivity contribution < 1.29 is 33.5 Å². The van der Waals surface area contributed by atoms with E-state index in [1.54, 1.807) is 44.2 Å². The second kappa shape index (κ2) is 14.4. The lowest BCUT2D eigenvalue weighted by molar-refractivity contribution is -0.135. The molecule has 0 aliphatic carbocycles. The van der Waals surface area contributed by atoms with E-state index in [2.05, 4.69) is 21.3 Å². The maximum Gasteiger partial charge on any atom is 0.254 e. The van der Waals surface area contributed by atoms with Crippen LogP contribution in [0.25, 0.3) is 0 Å². The van der Waals surface area contributed by atoms with Gasteiger partial charge in [0.25, 0.3) is 5.91 Å². The van der Waals surface area contributed by atoms with Gasteiger partial charge in [0.15, 0.2) is 0 Å². The SMILES string of the molecule is CC(C)[C@H]1NC(=O)CN(C(=O)c2ccc(F)cc2)CCNC(=O)[C@H]([C@@H](C)O)NC(=O)[C@H](Cc2ccccc2)NC1=O. The molecule has 0 spiro atoms. The number of rotatable bonds is 5. The molecule has 3 rings (SSSR count). The summed E-state index contributed by atoms with van der Waals surface area (Å²) in [5, 5.41) is 20.7. The highest BCUT2D eigenvalue weighted by Crippen LogP contribution is 2.10. The smallest absolute Gasteiger partial charge is 0.254 e. The number of aliphatic hydroxyl groups is 1. The Bertz CT molecular complexity index is 1240. The fourth-order valence-corrected chi connectivity index (χ4v) is 4.36. The first-order chi connectivity index (χ1) is 19.5. The van der Waals surface area contributed by atoms with Crippen LogP contribution >= 0.6 is 0 Å². The summed E-state index contributed by atoms with van der Waals surface area (Å²) in [5.41, 5.74) is 0.864. The molecule has 0 radical (unpaired) electrons. The Hall–Kier alpha value is -4.32. The number of hydrogen-bond donors (Lipinski definition) is 5. The van der Waals surface area contributed by atoms with Crippen molar-refractivity contribution in [1.82, 2.24) is 26.2 Å². The molecule has 1 saturated heterocycles. The zero-order chi connectivity index (χ0) is 30.1. The predicted molar refractivity (Wildman–Crippen MR) is 148 cm³/mol. The first-order valence-corrected chi connectivity index (χ1v) is 13.4. The molecule has 12 heteroatoms. The van der Waals surface area contributed by atoms with Crippen LogP contribution in [0.1, 0.15) is 36.7 Å². The molecule has 0 aromatic heterocycles. The van der Waals surface area contributed by atoms with Crippen LogP contribution in [-0.4, -0.2) is 83.4 Å². The summed E-state index contributed by atoms with van der Waals surface area (Å²) in [6, 6.07) is 10.2. The molecule has 1 aliphatic rings. The van der Waals surface area contributed by atoms with E-state index in [1.807, 2.05) is 0 Å². The lowest BCUT2D eigenvalue weighted by Gasteiger charge is -2.27. The minimum atomic E-state index is -1.36. The van der Waals surface area contributed by atoms with E-state index < -0.39 is 66.1 Å². The molecule has 1 aliphatic heterocycles. The van der Waals surface area contributed by atoms with Crippen LogP contribution in [0.5, 0.6) is 0 Å². The number of aliphatic hydroxyl groups excluding tert-OH is 1. The van der Waals surface area contributed by atoms with Crippen LogP contribution < -0.4 is 21.3 Å². The van der Waals surface area contributed by atoms with Gasteiger partial charge < -0.3 is 31.3 Å². The summed E-state index contributed by atoms with van der Waals surface area (Å²) in [7, 11) is 0. The number of carbonyl (C=O) groups is 5. The molecular weight excluding hydrogens is 533 g/mol. The van der Waals surface area contributed by atoms with Crippen LogP contribution in [0.4, 0.5) is 4.39 Å². The summed E-state index contributed by atoms with van der Waals surface area (Å²) < 4.78 is 13.4. The number of carbonyl (C=O) groups excluding carboxylic acids is 5. The lowest BCUT2D eigenvalue weighted by Crippen LogP contribution is -2.60. The monoisotopic (exact) mass is 569 g/mol. The van der Waals surface area contributed by atoms with Gasteiger partial charge in [0, 0.05) is 25.1 Å². The molecule has 0 unspecified atom stereocenters. The molecule has 5 N–H and O–H groups in total. The summed E-state index contributed by atoms with van der Waals surface area (Å²) in [6.45, 7) is 4.09. The molecule has 4 atom stereocenters. The Morgan fingerprint density at radius 3 is 2.17 bits per heavy atom. The van der Waals surface area contributed by atoms with Crippen molar-refractivity contribution in [2.45, 2.75) is 51.4 Å². The van der Waals surface area contributed by atoms with Crippen molar-refractivity contribution in [3.63, 3.8) is 0 Å². The minimum absolute atomic E-state index is 0.0886. The van der Waals surface area contributed by atoms with Crippen LogP contribution in [0.15, 0.2) is 54.6 Å². The Balaban J connectivity index is 1.93. The Labute approximate surface area is 237 Å². The third-order valence-corrected chi connectivity index (χ3v) is 6.64. The third kappa shape index (κ3) is 8.84. The van der Waals surface area contributed by atoms with Gasteiger partial charge in [-0.15, -0.1) is 0 Å². The van der Waals surface area contributed by atoms with Gasteiger partial charge in [0.2, 0.25) is 23.6 Å². The van der Waals surface area contributed by atoms with E-state index >= 15 is 0 Å². The number of benzene rings is 2. The number of halogens is 1. The van der Waals surface area contributed by atoms with Gasteiger partial charge >= 0.3 is 0 Å². The van der Waals surface area contributed by atoms with Gasteiger partial charge in [-0.25, -0.2) is 4.39 Å². The molecule has 0 bridgehead atoms. The van der Waals surface area contributed by atoms with Crippen molar-refractivity contribution in [3.05, 3.63) is 71.5 Å². The summed E-state index contributed by atoms with van der Waals surface area (Å²) in [6.07, 6.45) is -1.20. The lowest BCUT2D eigenvalue weighted by atomic mass is 10.0. The van der Waals surface area contributed by atoms with Gasteiger partial charge in [-0.3, -0.25) is 24.0 Å². The molecule has 0 saturated carbocycles. The number of nitrogens with zero attached hydrogens (tertiary/aromatic N) is 1. The number of nitrogens with one attached hydrogen (secondary N) is 4. The largest absolute Gasteiger partial charge is 0.391 e. The van der Waals surface area contributed by atoms with Crippen molar-refractivity contribution in [2.24, 2.45) is 5.92 Å². The summed E-state index contributed by atoms with van der Waals surface area (Å²) in [4.78, 5) is 67.1. The van der Waals surface area contributed by atoms with E-state index in [1.165, 1.54) is 19.1 Å². The molecule has 2 aromatic rings. The quantitative estimate of drug-likeness (QED) is 0.345. The molecular formula is C29H36FN5O6. The van der Waals surface area contributed by atoms with Crippen molar-refractivity contribution in [2.75, 3.05) is 19.6 Å². The second-order valence-corrected chi connectivity index (χ2v) is 10.3. The van der Waals surface area contributed by atoms with Gasteiger partial charge in [0.05, 0.1) is 12.6 Å². The average Bonchev–Trinajstić information content (AvgIpc) is 2.93. The molecule has 41 heavy (non-hydrogen) atoms. The highest BCUT2D eigenvalue weighted by Gasteiger charge is 2.33. The number of amides is 5. The van der Waals surface area contributed by atoms with Crippen LogP contribution in [0.3, 0.4) is 0 Å². The zero-order valence-corrected chi connectivity index (χ0v) is 23.2. The normalized spacial score (nSPS) is 22.0. The maximum absolute atomic E-state index is 13.4. The second-order valence-electron chi connectivity index (χ2n) is 10.3. The van der Waals surface area contributed by atoms with Crippen LogP contribution in [0.2, 0.25) is 0 Å². The molecule has 5 amide bonds. The van der Waals surface area contributed by atoms with E-state index in [0.29, 0.717) is 0 Å². The number of hydrogen-bond acceptors (Lipinski definition) is 6. The summed E-state index contributed by atoms with van der Waals surface area (Å²) >= 11 is 0. The van der Waals surface area contributed by atoms with E-state index in [4.69, 9.17) is 0 Å². The Morgan fingerprint density at radius 1 is 0.902 bits per heavy atom. The van der Waals surface area contributed by atoms with E-state index in [-0.39, 0.29) is 31.0 Å². The molecule has 2 aromatic carbocycles. The maximum atomic E-state index is 13.4. The molecule has 11 nitrogen and oxygen atoms in total. The Kier molecular flexibility index (Phi) is 10.9. The van der Waals surface area contributed by atoms with Crippen molar-refractivity contribution >= 4 is 29.5 Å². The molecule has 1 fully saturated rings. The standard InChI is InChI=1S/C29H36FN5O6/c1-17(2)24-28(40)32-22(15-19-7-5-4-6-8-19)26(38)34-25(18(3)36)27(39)31-13-14-35(16-23(37)33-24)29(41)20-9-11-21(30)12-10-20/h4-12,17-18,22,24-25,36H,13-16H2,1-3H3,(H,31,39)(H,32,40)(H,33,37)(H,34,38)/t18-,22+,24-,25+/m1/s1. The fraction of sp³-hybridized carbons (Fsp3) is 0.414. The molecule has 1 heterocycles. The van der Waals surface area contributed by atoms with Crippen LogP contribution in [-0.2, 0) is 25.6 Å². The van der Waals surface area contributed by atoms with Gasteiger partial charge in [0.1, 0.15) is 23.9 Å². The first-order valence-electron chi connectivity index (χ1n) is 13.4. The van der Waals surface area contributed by atoms with Gasteiger partial charge in [-0.1, -0.05) is 44.2 Å². The fourth-order valence-electron chi connectivity index (χ4n) is 4.36. The highest BCUT2D eigenvalue weighted by molar-refractivity contribution is 5.98. The topological polar surface area (TPSA) is 157 Å². The van der Waals surface area contributed by atoms with Gasteiger partial charge in [-0.05, 0) is 42.7 Å².